The molecule has 0 saturated heterocycles. The highest BCUT2D eigenvalue weighted by Gasteiger charge is 2.26. The Morgan fingerprint density at radius 2 is 1.69 bits per heavy atom. The number of hydrogen-bond donors (Lipinski definition) is 2. The third-order valence-corrected chi connectivity index (χ3v) is 6.91. The maximum Gasteiger partial charge on any atom is 0.259 e. The predicted molar refractivity (Wildman–Crippen MR) is 130 cm³/mol. The molecule has 0 fully saturated rings. The Morgan fingerprint density at radius 1 is 0.938 bits per heavy atom. The Balaban J connectivity index is 1.69. The molecule has 6 heteroatoms. The standard InChI is InChI=1S/C26H28N2O3S/c1-3-31-21-15-10-9-14-20(21)27-25(30)23-19-13-5-4-6-16-22(19)32-26(23)28-24(29)18-12-8-7-11-17(18)2/h7-12,14-15H,3-6,13,16H2,1-2H3,(H,27,30)(H,28,29). The Kier molecular flexibility index (Phi) is 6.90. The van der Waals surface area contributed by atoms with Crippen molar-refractivity contribution in [3.8, 4) is 5.75 Å². The molecule has 32 heavy (non-hydrogen) atoms. The lowest BCUT2D eigenvalue weighted by atomic mass is 10.0. The lowest BCUT2D eigenvalue weighted by molar-refractivity contribution is 0.102. The Hall–Kier alpha value is -3.12. The maximum atomic E-state index is 13.5. The minimum Gasteiger partial charge on any atom is -0.492 e. The molecule has 0 spiro atoms. The number of aryl methyl sites for hydroxylation is 2. The first kappa shape index (κ1) is 22.1. The summed E-state index contributed by atoms with van der Waals surface area (Å²) in [5.74, 6) is 0.232. The Morgan fingerprint density at radius 3 is 2.50 bits per heavy atom. The molecule has 1 aliphatic carbocycles. The van der Waals surface area contributed by atoms with Gasteiger partial charge in [0.1, 0.15) is 10.8 Å². The van der Waals surface area contributed by atoms with Crippen molar-refractivity contribution in [1.29, 1.82) is 0 Å². The number of rotatable bonds is 6. The van der Waals surface area contributed by atoms with Crippen molar-refractivity contribution in [2.75, 3.05) is 17.2 Å². The third kappa shape index (κ3) is 4.70. The van der Waals surface area contributed by atoms with Crippen LogP contribution in [0.25, 0.3) is 0 Å². The van der Waals surface area contributed by atoms with Crippen LogP contribution in [0, 0.1) is 6.92 Å². The summed E-state index contributed by atoms with van der Waals surface area (Å²) in [6.45, 7) is 4.34. The maximum absolute atomic E-state index is 13.5. The molecule has 0 atom stereocenters. The van der Waals surface area contributed by atoms with Crippen LogP contribution in [0.3, 0.4) is 0 Å². The second-order valence-corrected chi connectivity index (χ2v) is 9.03. The molecule has 0 saturated carbocycles. The lowest BCUT2D eigenvalue weighted by Crippen LogP contribution is -2.19. The molecule has 2 N–H and O–H groups in total. The smallest absolute Gasteiger partial charge is 0.259 e. The molecule has 0 bridgehead atoms. The summed E-state index contributed by atoms with van der Waals surface area (Å²) < 4.78 is 5.67. The van der Waals surface area contributed by atoms with E-state index in [0.717, 1.165) is 43.2 Å². The van der Waals surface area contributed by atoms with E-state index in [4.69, 9.17) is 4.74 Å². The van der Waals surface area contributed by atoms with Crippen molar-refractivity contribution in [3.63, 3.8) is 0 Å². The number of thiophene rings is 1. The zero-order valence-corrected chi connectivity index (χ0v) is 19.3. The molecule has 2 aromatic carbocycles. The number of amides is 2. The van der Waals surface area contributed by atoms with Crippen LogP contribution < -0.4 is 15.4 Å². The highest BCUT2D eigenvalue weighted by molar-refractivity contribution is 7.17. The molecule has 2 amide bonds. The molecule has 1 aliphatic rings. The minimum absolute atomic E-state index is 0.191. The molecule has 1 heterocycles. The monoisotopic (exact) mass is 448 g/mol. The quantitative estimate of drug-likeness (QED) is 0.439. The fourth-order valence-electron chi connectivity index (χ4n) is 4.11. The van der Waals surface area contributed by atoms with E-state index in [2.05, 4.69) is 10.6 Å². The molecule has 166 valence electrons. The number of anilines is 2. The van der Waals surface area contributed by atoms with Crippen LogP contribution in [0.1, 0.15) is 62.9 Å². The van der Waals surface area contributed by atoms with Crippen LogP contribution in [0.5, 0.6) is 5.75 Å². The number of carbonyl (C=O) groups is 2. The Labute approximate surface area is 192 Å². The molecule has 4 rings (SSSR count). The van der Waals surface area contributed by atoms with Crippen LogP contribution in [0.15, 0.2) is 48.5 Å². The van der Waals surface area contributed by atoms with E-state index in [9.17, 15) is 9.59 Å². The van der Waals surface area contributed by atoms with Gasteiger partial charge in [-0.25, -0.2) is 0 Å². The van der Waals surface area contributed by atoms with Crippen LogP contribution in [0.4, 0.5) is 10.7 Å². The number of benzene rings is 2. The van der Waals surface area contributed by atoms with Gasteiger partial charge in [0.15, 0.2) is 0 Å². The summed E-state index contributed by atoms with van der Waals surface area (Å²) in [4.78, 5) is 27.7. The third-order valence-electron chi connectivity index (χ3n) is 5.70. The summed E-state index contributed by atoms with van der Waals surface area (Å²) in [7, 11) is 0. The van der Waals surface area contributed by atoms with Gasteiger partial charge < -0.3 is 15.4 Å². The normalized spacial score (nSPS) is 13.1. The van der Waals surface area contributed by atoms with Crippen LogP contribution in [-0.2, 0) is 12.8 Å². The van der Waals surface area contributed by atoms with Gasteiger partial charge in [-0.1, -0.05) is 36.8 Å². The van der Waals surface area contributed by atoms with Gasteiger partial charge in [-0.2, -0.15) is 0 Å². The van der Waals surface area contributed by atoms with Gasteiger partial charge >= 0.3 is 0 Å². The van der Waals surface area contributed by atoms with E-state index >= 15 is 0 Å². The van der Waals surface area contributed by atoms with Gasteiger partial charge in [0.2, 0.25) is 0 Å². The second-order valence-electron chi connectivity index (χ2n) is 7.92. The molecule has 3 aromatic rings. The zero-order chi connectivity index (χ0) is 22.5. The first-order chi connectivity index (χ1) is 15.6. The number of carbonyl (C=O) groups excluding carboxylic acids is 2. The summed E-state index contributed by atoms with van der Waals surface area (Å²) in [5, 5.41) is 6.69. The lowest BCUT2D eigenvalue weighted by Gasteiger charge is -2.13. The first-order valence-corrected chi connectivity index (χ1v) is 11.9. The van der Waals surface area contributed by atoms with Crippen molar-refractivity contribution in [2.45, 2.75) is 46.0 Å². The summed E-state index contributed by atoms with van der Waals surface area (Å²) in [6, 6.07) is 14.9. The largest absolute Gasteiger partial charge is 0.492 e. The number of hydrogen-bond acceptors (Lipinski definition) is 4. The van der Waals surface area contributed by atoms with Crippen molar-refractivity contribution in [3.05, 3.63) is 75.7 Å². The number of nitrogens with one attached hydrogen (secondary N) is 2. The summed E-state index contributed by atoms with van der Waals surface area (Å²) >= 11 is 1.53. The molecule has 0 aliphatic heterocycles. The van der Waals surface area contributed by atoms with E-state index in [0.29, 0.717) is 34.2 Å². The number of fused-ring (bicyclic) bond motifs is 1. The minimum atomic E-state index is -0.211. The SMILES string of the molecule is CCOc1ccccc1NC(=O)c1c(NC(=O)c2ccccc2C)sc2c1CCCCC2. The molecule has 0 unspecified atom stereocenters. The van der Waals surface area contributed by atoms with E-state index in [1.807, 2.05) is 56.3 Å². The molecule has 0 radical (unpaired) electrons. The van der Waals surface area contributed by atoms with E-state index in [1.165, 1.54) is 16.2 Å². The highest BCUT2D eigenvalue weighted by Crippen LogP contribution is 2.38. The van der Waals surface area contributed by atoms with E-state index in [-0.39, 0.29) is 11.8 Å². The molecule has 5 nitrogen and oxygen atoms in total. The fourth-order valence-corrected chi connectivity index (χ4v) is 5.39. The first-order valence-electron chi connectivity index (χ1n) is 11.1. The average Bonchev–Trinajstić information content (AvgIpc) is 2.95. The van der Waals surface area contributed by atoms with Crippen LogP contribution >= 0.6 is 11.3 Å². The zero-order valence-electron chi connectivity index (χ0n) is 18.5. The van der Waals surface area contributed by atoms with Gasteiger partial charge in [-0.05, 0) is 68.9 Å². The Bertz CT molecular complexity index is 1140. The average molecular weight is 449 g/mol. The summed E-state index contributed by atoms with van der Waals surface area (Å²) in [6.07, 6.45) is 5.09. The van der Waals surface area contributed by atoms with Crippen molar-refractivity contribution < 1.29 is 14.3 Å². The summed E-state index contributed by atoms with van der Waals surface area (Å²) in [5.41, 5.74) is 3.80. The fraction of sp³-hybridized carbons (Fsp3) is 0.308. The van der Waals surface area contributed by atoms with Gasteiger partial charge in [0.25, 0.3) is 11.8 Å². The number of ether oxygens (including phenoxy) is 1. The molecular weight excluding hydrogens is 420 g/mol. The van der Waals surface area contributed by atoms with Crippen molar-refractivity contribution in [1.82, 2.24) is 0 Å². The van der Waals surface area contributed by atoms with Crippen molar-refractivity contribution >= 4 is 33.8 Å². The van der Waals surface area contributed by atoms with Gasteiger partial charge in [-0.3, -0.25) is 9.59 Å². The number of para-hydroxylation sites is 2. The van der Waals surface area contributed by atoms with Gasteiger partial charge in [0.05, 0.1) is 17.9 Å². The van der Waals surface area contributed by atoms with E-state index < -0.39 is 0 Å². The molecular formula is C26H28N2O3S. The second kappa shape index (κ2) is 10.0. The van der Waals surface area contributed by atoms with Crippen LogP contribution in [-0.4, -0.2) is 18.4 Å². The van der Waals surface area contributed by atoms with Gasteiger partial charge in [0, 0.05) is 10.4 Å². The van der Waals surface area contributed by atoms with E-state index in [1.54, 1.807) is 6.07 Å². The molecule has 1 aromatic heterocycles. The van der Waals surface area contributed by atoms with Gasteiger partial charge in [-0.15, -0.1) is 11.3 Å². The van der Waals surface area contributed by atoms with Crippen molar-refractivity contribution in [2.24, 2.45) is 0 Å². The van der Waals surface area contributed by atoms with Crippen LogP contribution in [0.2, 0.25) is 0 Å². The highest BCUT2D eigenvalue weighted by atomic mass is 32.1. The topological polar surface area (TPSA) is 67.4 Å². The predicted octanol–water partition coefficient (Wildman–Crippen LogP) is 6.23.